The molecule has 0 aliphatic rings. The van der Waals surface area contributed by atoms with Crippen LogP contribution in [0.4, 0.5) is 0 Å². The van der Waals surface area contributed by atoms with Crippen molar-refractivity contribution >= 4 is 5.97 Å². The van der Waals surface area contributed by atoms with Gasteiger partial charge in [0.25, 0.3) is 0 Å². The lowest BCUT2D eigenvalue weighted by molar-refractivity contribution is -0.142. The smallest absolute Gasteiger partial charge is 0.320 e. The summed E-state index contributed by atoms with van der Waals surface area (Å²) in [4.78, 5) is 12.7. The molecule has 2 unspecified atom stereocenters. The van der Waals surface area contributed by atoms with E-state index in [-0.39, 0.29) is 6.04 Å². The van der Waals surface area contributed by atoms with Crippen LogP contribution in [-0.4, -0.2) is 29.1 Å². The number of rotatable bonds is 4. The van der Waals surface area contributed by atoms with Crippen LogP contribution in [0.25, 0.3) is 0 Å². The number of hydrogen-bond acceptors (Lipinski definition) is 3. The average molecular weight is 232 g/mol. The normalized spacial score (nSPS) is 14.1. The third-order valence-corrected chi connectivity index (χ3v) is 3.10. The molecule has 0 fully saturated rings. The van der Waals surface area contributed by atoms with E-state index in [1.807, 2.05) is 19.1 Å². The molecule has 0 aromatic heterocycles. The van der Waals surface area contributed by atoms with Crippen LogP contribution in [0.1, 0.15) is 31.0 Å². The molecule has 2 atom stereocenters. The molecule has 4 heteroatoms. The second-order valence-corrected chi connectivity index (χ2v) is 4.09. The van der Waals surface area contributed by atoms with Crippen molar-refractivity contribution in [2.24, 2.45) is 0 Å². The Balaban J connectivity index is 2.85. The van der Waals surface area contributed by atoms with E-state index in [1.54, 1.807) is 31.0 Å². The first-order valence-corrected chi connectivity index (χ1v) is 5.42. The molecular weight excluding hydrogens is 216 g/mol. The standard InChI is InChI=1S/C13H16N2O2/c1-9(15(3)10(2)13(16)17)12-6-4-11(8-14)5-7-12/h4-7,9-10H,1-3H3,(H,16,17). The number of likely N-dealkylation sites (N-methyl/N-ethyl adjacent to an activating group) is 1. The zero-order chi connectivity index (χ0) is 13.0. The molecule has 4 nitrogen and oxygen atoms in total. The van der Waals surface area contributed by atoms with E-state index in [4.69, 9.17) is 10.4 Å². The van der Waals surface area contributed by atoms with Crippen molar-refractivity contribution in [3.63, 3.8) is 0 Å². The van der Waals surface area contributed by atoms with Crippen molar-refractivity contribution in [1.29, 1.82) is 5.26 Å². The van der Waals surface area contributed by atoms with E-state index < -0.39 is 12.0 Å². The highest BCUT2D eigenvalue weighted by atomic mass is 16.4. The van der Waals surface area contributed by atoms with E-state index in [0.717, 1.165) is 5.56 Å². The van der Waals surface area contributed by atoms with Gasteiger partial charge in [0, 0.05) is 6.04 Å². The molecule has 1 rings (SSSR count). The SMILES string of the molecule is CC(C(=O)O)N(C)C(C)c1ccc(C#N)cc1. The quantitative estimate of drug-likeness (QED) is 0.862. The Bertz CT molecular complexity index is 434. The van der Waals surface area contributed by atoms with Gasteiger partial charge < -0.3 is 5.11 Å². The highest BCUT2D eigenvalue weighted by molar-refractivity contribution is 5.72. The van der Waals surface area contributed by atoms with Gasteiger partial charge in [-0.2, -0.15) is 5.26 Å². The van der Waals surface area contributed by atoms with Crippen molar-refractivity contribution in [3.05, 3.63) is 35.4 Å². The lowest BCUT2D eigenvalue weighted by Crippen LogP contribution is -2.37. The van der Waals surface area contributed by atoms with Gasteiger partial charge >= 0.3 is 5.97 Å². The Morgan fingerprint density at radius 1 is 1.35 bits per heavy atom. The predicted octanol–water partition coefficient (Wildman–Crippen LogP) is 2.02. The third-order valence-electron chi connectivity index (χ3n) is 3.10. The molecule has 0 spiro atoms. The minimum absolute atomic E-state index is 0.00570. The lowest BCUT2D eigenvalue weighted by Gasteiger charge is -2.28. The maximum absolute atomic E-state index is 10.9. The number of carboxylic acid groups (broad SMARTS) is 1. The molecule has 0 aliphatic heterocycles. The van der Waals surface area contributed by atoms with Gasteiger partial charge in [0.2, 0.25) is 0 Å². The summed E-state index contributed by atoms with van der Waals surface area (Å²) in [6, 6.07) is 8.70. The molecule has 90 valence electrons. The van der Waals surface area contributed by atoms with Crippen molar-refractivity contribution in [2.75, 3.05) is 7.05 Å². The Morgan fingerprint density at radius 3 is 2.29 bits per heavy atom. The predicted molar refractivity (Wildman–Crippen MR) is 64.4 cm³/mol. The van der Waals surface area contributed by atoms with Crippen LogP contribution in [0.5, 0.6) is 0 Å². The molecule has 0 heterocycles. The van der Waals surface area contributed by atoms with Crippen molar-refractivity contribution in [2.45, 2.75) is 25.9 Å². The Labute approximate surface area is 101 Å². The molecular formula is C13H16N2O2. The summed E-state index contributed by atoms with van der Waals surface area (Å²) < 4.78 is 0. The van der Waals surface area contributed by atoms with E-state index in [9.17, 15) is 4.79 Å². The van der Waals surface area contributed by atoms with Gasteiger partial charge in [-0.25, -0.2) is 0 Å². The molecule has 0 saturated carbocycles. The number of hydrogen-bond donors (Lipinski definition) is 1. The summed E-state index contributed by atoms with van der Waals surface area (Å²) in [7, 11) is 1.78. The van der Waals surface area contributed by atoms with Gasteiger partial charge in [-0.1, -0.05) is 12.1 Å². The topological polar surface area (TPSA) is 64.3 Å². The van der Waals surface area contributed by atoms with Crippen molar-refractivity contribution in [3.8, 4) is 6.07 Å². The summed E-state index contributed by atoms with van der Waals surface area (Å²) >= 11 is 0. The Morgan fingerprint density at radius 2 is 1.88 bits per heavy atom. The molecule has 1 aromatic rings. The molecule has 0 amide bonds. The third kappa shape index (κ3) is 3.05. The van der Waals surface area contributed by atoms with E-state index in [2.05, 4.69) is 6.07 Å². The fourth-order valence-electron chi connectivity index (χ4n) is 1.58. The summed E-state index contributed by atoms with van der Waals surface area (Å²) in [5.74, 6) is -0.840. The summed E-state index contributed by atoms with van der Waals surface area (Å²) in [5, 5.41) is 17.6. The maximum atomic E-state index is 10.9. The van der Waals surface area contributed by atoms with Gasteiger partial charge in [-0.3, -0.25) is 9.69 Å². The van der Waals surface area contributed by atoms with Crippen LogP contribution < -0.4 is 0 Å². The average Bonchev–Trinajstić information content (AvgIpc) is 2.36. The number of benzene rings is 1. The first-order valence-electron chi connectivity index (χ1n) is 5.42. The molecule has 1 aromatic carbocycles. The summed E-state index contributed by atoms with van der Waals surface area (Å²) in [5.41, 5.74) is 1.61. The fourth-order valence-corrected chi connectivity index (χ4v) is 1.58. The first-order chi connectivity index (χ1) is 7.97. The van der Waals surface area contributed by atoms with Gasteiger partial charge in [0.1, 0.15) is 6.04 Å². The summed E-state index contributed by atoms with van der Waals surface area (Å²) in [6.07, 6.45) is 0. The number of carbonyl (C=O) groups is 1. The molecule has 0 aliphatic carbocycles. The largest absolute Gasteiger partial charge is 0.480 e. The van der Waals surface area contributed by atoms with E-state index >= 15 is 0 Å². The maximum Gasteiger partial charge on any atom is 0.320 e. The molecule has 17 heavy (non-hydrogen) atoms. The van der Waals surface area contributed by atoms with Gasteiger partial charge in [0.15, 0.2) is 0 Å². The van der Waals surface area contributed by atoms with Gasteiger partial charge in [-0.05, 0) is 38.6 Å². The minimum Gasteiger partial charge on any atom is -0.480 e. The van der Waals surface area contributed by atoms with E-state index in [1.165, 1.54) is 0 Å². The van der Waals surface area contributed by atoms with Crippen molar-refractivity contribution < 1.29 is 9.90 Å². The van der Waals surface area contributed by atoms with E-state index in [0.29, 0.717) is 5.56 Å². The zero-order valence-electron chi connectivity index (χ0n) is 10.2. The van der Waals surface area contributed by atoms with Crippen LogP contribution in [0, 0.1) is 11.3 Å². The molecule has 0 bridgehead atoms. The zero-order valence-corrected chi connectivity index (χ0v) is 10.2. The number of nitrogens with zero attached hydrogens (tertiary/aromatic N) is 2. The van der Waals surface area contributed by atoms with Gasteiger partial charge in [0.05, 0.1) is 11.6 Å². The van der Waals surface area contributed by atoms with Crippen LogP contribution in [-0.2, 0) is 4.79 Å². The Kier molecular flexibility index (Phi) is 4.24. The van der Waals surface area contributed by atoms with Crippen LogP contribution in [0.3, 0.4) is 0 Å². The molecule has 1 N–H and O–H groups in total. The van der Waals surface area contributed by atoms with Crippen LogP contribution >= 0.6 is 0 Å². The van der Waals surface area contributed by atoms with Crippen molar-refractivity contribution in [1.82, 2.24) is 4.90 Å². The highest BCUT2D eigenvalue weighted by Gasteiger charge is 2.22. The second-order valence-electron chi connectivity index (χ2n) is 4.09. The minimum atomic E-state index is -0.840. The molecule has 0 radical (unpaired) electrons. The number of aliphatic carboxylic acids is 1. The van der Waals surface area contributed by atoms with Crippen LogP contribution in [0.15, 0.2) is 24.3 Å². The van der Waals surface area contributed by atoms with Crippen LogP contribution in [0.2, 0.25) is 0 Å². The highest BCUT2D eigenvalue weighted by Crippen LogP contribution is 2.21. The summed E-state index contributed by atoms with van der Waals surface area (Å²) in [6.45, 7) is 3.60. The number of carboxylic acids is 1. The lowest BCUT2D eigenvalue weighted by atomic mass is 10.0. The Hall–Kier alpha value is -1.86. The van der Waals surface area contributed by atoms with Gasteiger partial charge in [-0.15, -0.1) is 0 Å². The number of nitriles is 1. The first kappa shape index (κ1) is 13.2. The second kappa shape index (κ2) is 5.46. The molecule has 0 saturated heterocycles. The fraction of sp³-hybridized carbons (Fsp3) is 0.385. The monoisotopic (exact) mass is 232 g/mol.